The summed E-state index contributed by atoms with van der Waals surface area (Å²) < 4.78 is 40.9. The van der Waals surface area contributed by atoms with Crippen molar-refractivity contribution in [3.8, 4) is 22.3 Å². The van der Waals surface area contributed by atoms with E-state index in [2.05, 4.69) is 119 Å². The summed E-state index contributed by atoms with van der Waals surface area (Å²) in [6.07, 6.45) is 2.29. The van der Waals surface area contributed by atoms with E-state index in [9.17, 15) is 33.4 Å². The number of nitro groups is 2. The number of hydrogen-bond acceptors (Lipinski definition) is 10. The van der Waals surface area contributed by atoms with Crippen LogP contribution in [0.2, 0.25) is 0 Å². The van der Waals surface area contributed by atoms with Crippen LogP contribution in [0.4, 0.5) is 47.3 Å². The van der Waals surface area contributed by atoms with E-state index in [-0.39, 0.29) is 66.4 Å². The molecule has 0 aromatic heterocycles. The van der Waals surface area contributed by atoms with Crippen LogP contribution in [0.15, 0.2) is 132 Å². The van der Waals surface area contributed by atoms with Gasteiger partial charge in [0.1, 0.15) is 28.8 Å². The zero-order valence-electron chi connectivity index (χ0n) is 35.1. The number of rotatable bonds is 6. The van der Waals surface area contributed by atoms with E-state index in [1.165, 1.54) is 73.2 Å². The van der Waals surface area contributed by atoms with Gasteiger partial charge in [-0.3, -0.25) is 20.2 Å². The molecule has 0 saturated carbocycles. The fourth-order valence-electron chi connectivity index (χ4n) is 4.57. The van der Waals surface area contributed by atoms with Crippen molar-refractivity contribution in [2.75, 3.05) is 22.9 Å². The van der Waals surface area contributed by atoms with E-state index in [4.69, 9.17) is 33.0 Å². The normalized spacial score (nSPS) is 9.78. The molecule has 0 bridgehead atoms. The van der Waals surface area contributed by atoms with Gasteiger partial charge in [-0.05, 0) is 70.9 Å². The third kappa shape index (κ3) is 26.6. The second-order valence-electron chi connectivity index (χ2n) is 12.5. The Labute approximate surface area is 453 Å². The average molecular weight is 1480 g/mol. The van der Waals surface area contributed by atoms with Crippen LogP contribution in [0.25, 0.3) is 22.3 Å². The Hall–Kier alpha value is -2.92. The fraction of sp³-hybridized carbons (Fsp3) is 0.178. The Morgan fingerprint density at radius 3 is 1.33 bits per heavy atom. The summed E-state index contributed by atoms with van der Waals surface area (Å²) >= 11 is 12.8. The van der Waals surface area contributed by atoms with Crippen molar-refractivity contribution in [1.82, 2.24) is 0 Å². The number of benzene rings is 6. The maximum absolute atomic E-state index is 13.6. The van der Waals surface area contributed by atoms with Gasteiger partial charge in [-0.2, -0.15) is 6.42 Å². The molecule has 0 aliphatic rings. The van der Waals surface area contributed by atoms with Gasteiger partial charge in [-0.15, -0.1) is 0 Å². The molecule has 0 amide bonds. The van der Waals surface area contributed by atoms with Crippen molar-refractivity contribution >= 4 is 145 Å². The Morgan fingerprint density at radius 1 is 0.657 bits per heavy atom. The molecule has 10 N–H and O–H groups in total. The molecule has 0 saturated heterocycles. The van der Waals surface area contributed by atoms with Gasteiger partial charge < -0.3 is 39.9 Å². The number of nitro benzene ring substituents is 2. The first-order valence-electron chi connectivity index (χ1n) is 18.7. The molecule has 22 heteroatoms. The molecule has 368 valence electrons. The molecule has 6 rings (SSSR count). The van der Waals surface area contributed by atoms with Crippen LogP contribution in [-0.2, 0) is 4.92 Å². The monoisotopic (exact) mass is 1480 g/mol. The third-order valence-corrected chi connectivity index (χ3v) is 9.18. The van der Waals surface area contributed by atoms with Gasteiger partial charge in [-0.1, -0.05) is 137 Å². The van der Waals surface area contributed by atoms with E-state index in [1.54, 1.807) is 60.7 Å². The zero-order valence-corrected chi connectivity index (χ0v) is 46.7. The van der Waals surface area contributed by atoms with Crippen LogP contribution in [-0.4, -0.2) is 30.9 Å². The first-order chi connectivity index (χ1) is 30.6. The molecule has 6 aromatic rings. The Morgan fingerprint density at radius 2 is 0.985 bits per heavy atom. The van der Waals surface area contributed by atoms with Crippen molar-refractivity contribution in [2.24, 2.45) is 0 Å². The van der Waals surface area contributed by atoms with Gasteiger partial charge in [0.2, 0.25) is 0 Å². The molecule has 1 unspecified atom stereocenters. The SMILES string of the molecule is C.C.CCC(C)I.Nc1cccc(-c2ccccc2F)c1N.Nc1cccc(-c2ccccc2F)c1[N+](=O)[O-].Nc1cccc(Br)c1[N+](=O)[O-].OB(O)c1ccccc1F.[CH2-]CC.[HH].[I][V]([I])[I]. The molecular formula is C45H57BBrF3I4N6O6V-. The summed E-state index contributed by atoms with van der Waals surface area (Å²) in [5, 5.41) is 38.3. The molecule has 0 heterocycles. The summed E-state index contributed by atoms with van der Waals surface area (Å²) in [5.41, 5.74) is 24.5. The van der Waals surface area contributed by atoms with E-state index >= 15 is 0 Å². The summed E-state index contributed by atoms with van der Waals surface area (Å²) in [6, 6.07) is 32.3. The second kappa shape index (κ2) is 37.9. The standard InChI is InChI=1S/C12H9FN2O2.C12H11FN2.C6H6BFO2.C6H5BrN2O2.C4H9I.C3H7.2CH4.3HI.V.H2/c13-10-6-2-1-4-8(10)9-5-3-7-11(14)12(9)15(16)17;13-10-6-2-1-4-8(10)9-5-3-7-11(14)12(9)15;8-6-4-2-1-3-5(6)7(9)10;7-4-2-1-3-5(8)6(4)9(10)11;1-3-4(2)5;1-3-2;;;;;;;/h1-7H,14H2;1-7H,14-15H2;1-4,9-10H;1-3H,8H2;4H,3H2,1-2H3;1,3H2,2H3;2*1H4;3*1H;;1H/q;;;;;-1;;;;;;+3;/p-3. The van der Waals surface area contributed by atoms with Gasteiger partial charge in [0.25, 0.3) is 5.69 Å². The Balaban J connectivity index is -0.000000372. The Bertz CT molecular complexity index is 2370. The zero-order chi connectivity index (χ0) is 49.8. The van der Waals surface area contributed by atoms with Crippen LogP contribution in [0.3, 0.4) is 0 Å². The molecule has 0 aliphatic heterocycles. The van der Waals surface area contributed by atoms with E-state index in [0.717, 1.165) is 10.3 Å². The topological polar surface area (TPSA) is 231 Å². The van der Waals surface area contributed by atoms with Crippen LogP contribution in [0.1, 0.15) is 49.9 Å². The van der Waals surface area contributed by atoms with Crippen molar-refractivity contribution < 1.29 is 39.4 Å². The minimum absolute atomic E-state index is 0. The number of anilines is 4. The van der Waals surface area contributed by atoms with Crippen LogP contribution in [0, 0.1) is 44.6 Å². The number of nitrogens with zero attached hydrogens (tertiary/aromatic N) is 2. The Kier molecular flexibility index (Phi) is 38.7. The first kappa shape index (κ1) is 68.3. The second-order valence-corrected chi connectivity index (χ2v) is 50.8. The summed E-state index contributed by atoms with van der Waals surface area (Å²) in [4.78, 5) is 19.9. The van der Waals surface area contributed by atoms with Crippen molar-refractivity contribution in [1.29, 1.82) is 0 Å². The molecule has 6 aromatic carbocycles. The summed E-state index contributed by atoms with van der Waals surface area (Å²) in [6.45, 7) is 9.90. The van der Waals surface area contributed by atoms with Gasteiger partial charge in [0.15, 0.2) is 0 Å². The molecule has 0 fully saturated rings. The van der Waals surface area contributed by atoms with Crippen LogP contribution >= 0.6 is 98.5 Å². The number of para-hydroxylation sites is 3. The number of alkyl halides is 1. The van der Waals surface area contributed by atoms with Crippen molar-refractivity contribution in [3.63, 3.8) is 0 Å². The fourth-order valence-corrected chi connectivity index (χ4v) is 5.10. The summed E-state index contributed by atoms with van der Waals surface area (Å²) in [7, 11) is -1.72. The molecule has 12 nitrogen and oxygen atoms in total. The van der Waals surface area contributed by atoms with Gasteiger partial charge in [-0.25, -0.2) is 13.2 Å². The number of halogens is 8. The quantitative estimate of drug-likeness (QED) is 0.0176. The number of nitrogen functional groups attached to an aromatic ring is 4. The summed E-state index contributed by atoms with van der Waals surface area (Å²) in [5.74, 6) is -1.41. The van der Waals surface area contributed by atoms with E-state index in [0.29, 0.717) is 27.0 Å². The van der Waals surface area contributed by atoms with E-state index in [1.807, 2.05) is 6.92 Å². The molecule has 0 spiro atoms. The average Bonchev–Trinajstić information content (AvgIpc) is 3.23. The van der Waals surface area contributed by atoms with Gasteiger partial charge in [0, 0.05) is 27.5 Å². The van der Waals surface area contributed by atoms with E-state index < -0.39 is 28.6 Å². The van der Waals surface area contributed by atoms with Crippen LogP contribution < -0.4 is 28.4 Å². The van der Waals surface area contributed by atoms with Crippen LogP contribution in [0.5, 0.6) is 0 Å². The molecule has 0 radical (unpaired) electrons. The van der Waals surface area contributed by atoms with Crippen molar-refractivity contribution in [2.45, 2.75) is 52.4 Å². The number of nitrogens with two attached hydrogens (primary N) is 4. The maximum atomic E-state index is 13.6. The predicted octanol–water partition coefficient (Wildman–Crippen LogP) is 14.7. The third-order valence-electron chi connectivity index (χ3n) is 7.66. The first-order valence-corrected chi connectivity index (χ1v) is 34.3. The molecular weight excluding hydrogens is 1430 g/mol. The molecule has 67 heavy (non-hydrogen) atoms. The number of hydrogen-bond donors (Lipinski definition) is 6. The van der Waals surface area contributed by atoms with Gasteiger partial charge in [0.05, 0.1) is 31.3 Å². The molecule has 1 atom stereocenters. The minimum atomic E-state index is -1.72. The van der Waals surface area contributed by atoms with Gasteiger partial charge >= 0.3 is 77.7 Å². The molecule has 0 aliphatic carbocycles. The predicted molar refractivity (Wildman–Crippen MR) is 312 cm³/mol. The van der Waals surface area contributed by atoms with Crippen molar-refractivity contribution in [3.05, 3.63) is 176 Å².